The van der Waals surface area contributed by atoms with E-state index in [4.69, 9.17) is 20.9 Å². The number of ether oxygens (including phenoxy) is 2. The van der Waals surface area contributed by atoms with Gasteiger partial charge in [-0.2, -0.15) is 0 Å². The average molecular weight is 1290 g/mol. The highest BCUT2D eigenvalue weighted by Gasteiger charge is 2.51. The maximum atomic E-state index is 14.9. The Bertz CT molecular complexity index is 2800. The molecule has 4 rings (SSSR count). The summed E-state index contributed by atoms with van der Waals surface area (Å²) in [6.45, 7) is 19.4. The SMILES string of the molecule is CC[C@H](C)[C@@H]([C@@H](CC(=O)N1CCC[C@@]1(N)[C@H](OC)[C@@H](C)C(=O)N[C@H](C)[C@@H](O)c1ccccc1)OC)N(C)C(=O)C(NC(=O)[C@H](C(C)C)N(C)Cc1ccc(NC(=O)[C@H](CCCNC(N)=O)NC(=O)C(NC(=O)CCCCCN2C(=O)C=CC2=O)C(C)C)cc1)C(C)C. The quantitative estimate of drug-likeness (QED) is 0.0336. The van der Waals surface area contributed by atoms with Gasteiger partial charge >= 0.3 is 6.03 Å². The van der Waals surface area contributed by atoms with E-state index >= 15 is 0 Å². The van der Waals surface area contributed by atoms with E-state index in [0.29, 0.717) is 62.9 Å². The van der Waals surface area contributed by atoms with Crippen LogP contribution in [0.3, 0.4) is 0 Å². The number of aliphatic hydroxyl groups is 1. The van der Waals surface area contributed by atoms with Crippen LogP contribution in [0.5, 0.6) is 0 Å². The molecular formula is C67H106N12O13. The van der Waals surface area contributed by atoms with Crippen molar-refractivity contribution in [3.8, 4) is 0 Å². The van der Waals surface area contributed by atoms with Crippen molar-refractivity contribution in [2.45, 2.75) is 200 Å². The lowest BCUT2D eigenvalue weighted by atomic mass is 9.87. The molecule has 25 nitrogen and oxygen atoms in total. The predicted octanol–water partition coefficient (Wildman–Crippen LogP) is 4.23. The number of likely N-dealkylation sites (tertiary alicyclic amines) is 1. The third-order valence-electron chi connectivity index (χ3n) is 17.8. The van der Waals surface area contributed by atoms with Gasteiger partial charge in [0.1, 0.15) is 29.9 Å². The molecule has 0 saturated carbocycles. The Kier molecular flexibility index (Phi) is 30.9. The van der Waals surface area contributed by atoms with Crippen LogP contribution in [0.4, 0.5) is 10.5 Å². The minimum atomic E-state index is -1.38. The number of carbonyl (C=O) groups excluding carboxylic acids is 10. The van der Waals surface area contributed by atoms with Gasteiger partial charge in [-0.3, -0.25) is 53.0 Å². The summed E-state index contributed by atoms with van der Waals surface area (Å²) in [4.78, 5) is 140. The summed E-state index contributed by atoms with van der Waals surface area (Å²) in [7, 11) is 6.43. The number of carbonyl (C=O) groups is 10. The summed E-state index contributed by atoms with van der Waals surface area (Å²) in [6.07, 6.45) is 3.16. The van der Waals surface area contributed by atoms with Crippen LogP contribution in [0, 0.1) is 29.6 Å². The van der Waals surface area contributed by atoms with Crippen LogP contribution in [0.25, 0.3) is 0 Å². The number of methoxy groups -OCH3 is 2. The molecule has 25 heteroatoms. The highest BCUT2D eigenvalue weighted by atomic mass is 16.5. The number of hydrogen-bond donors (Lipinski definition) is 9. The van der Waals surface area contributed by atoms with Crippen LogP contribution in [0.1, 0.15) is 151 Å². The lowest BCUT2D eigenvalue weighted by Crippen LogP contribution is -2.66. The molecule has 11 N–H and O–H groups in total. The molecule has 12 atom stereocenters. The number of amides is 11. The number of aliphatic hydroxyl groups excluding tert-OH is 1. The molecule has 2 heterocycles. The van der Waals surface area contributed by atoms with Gasteiger partial charge in [0, 0.05) is 71.7 Å². The average Bonchev–Trinajstić information content (AvgIpc) is 1.55. The minimum absolute atomic E-state index is 0.0997. The zero-order chi connectivity index (χ0) is 68.7. The van der Waals surface area contributed by atoms with Crippen LogP contribution in [0.2, 0.25) is 0 Å². The molecule has 2 aromatic rings. The molecule has 0 spiro atoms. The van der Waals surface area contributed by atoms with Crippen LogP contribution in [-0.4, -0.2) is 186 Å². The van der Waals surface area contributed by atoms with Gasteiger partial charge in [0.25, 0.3) is 11.8 Å². The van der Waals surface area contributed by atoms with Gasteiger partial charge in [0.2, 0.25) is 41.4 Å². The van der Waals surface area contributed by atoms with Gasteiger partial charge in [-0.25, -0.2) is 4.79 Å². The fourth-order valence-electron chi connectivity index (χ4n) is 12.4. The Hall–Kier alpha value is -7.32. The van der Waals surface area contributed by atoms with Crippen molar-refractivity contribution in [3.05, 3.63) is 77.9 Å². The van der Waals surface area contributed by atoms with Crippen molar-refractivity contribution in [2.24, 2.45) is 41.1 Å². The summed E-state index contributed by atoms with van der Waals surface area (Å²) < 4.78 is 12.1. The molecule has 0 radical (unpaired) electrons. The van der Waals surface area contributed by atoms with E-state index in [9.17, 15) is 53.1 Å². The third-order valence-corrected chi connectivity index (χ3v) is 17.8. The van der Waals surface area contributed by atoms with E-state index in [1.165, 1.54) is 26.4 Å². The van der Waals surface area contributed by atoms with Gasteiger partial charge in [-0.1, -0.05) is 118 Å². The number of imide groups is 1. The molecule has 0 aromatic heterocycles. The predicted molar refractivity (Wildman–Crippen MR) is 350 cm³/mol. The number of primary amides is 1. The highest BCUT2D eigenvalue weighted by Crippen LogP contribution is 2.35. The lowest BCUT2D eigenvalue weighted by Gasteiger charge is -2.44. The number of urea groups is 1. The van der Waals surface area contributed by atoms with Crippen LogP contribution in [-0.2, 0) is 59.2 Å². The number of nitrogens with one attached hydrogen (secondary N) is 6. The number of nitrogens with two attached hydrogens (primary N) is 2. The minimum Gasteiger partial charge on any atom is -0.386 e. The molecule has 92 heavy (non-hydrogen) atoms. The first kappa shape index (κ1) is 77.1. The van der Waals surface area contributed by atoms with Crippen molar-refractivity contribution in [1.82, 2.24) is 46.2 Å². The second-order valence-corrected chi connectivity index (χ2v) is 25.8. The largest absolute Gasteiger partial charge is 0.386 e. The number of hydrogen-bond acceptors (Lipinski definition) is 15. The third kappa shape index (κ3) is 21.6. The number of nitrogens with zero attached hydrogens (tertiary/aromatic N) is 4. The summed E-state index contributed by atoms with van der Waals surface area (Å²) >= 11 is 0. The van der Waals surface area contributed by atoms with Crippen LogP contribution >= 0.6 is 0 Å². The van der Waals surface area contributed by atoms with Gasteiger partial charge in [0.15, 0.2) is 0 Å². The van der Waals surface area contributed by atoms with Crippen LogP contribution in [0.15, 0.2) is 66.7 Å². The summed E-state index contributed by atoms with van der Waals surface area (Å²) in [5.41, 5.74) is 12.9. The molecule has 512 valence electrons. The van der Waals surface area contributed by atoms with E-state index in [0.717, 1.165) is 10.5 Å². The number of likely N-dealkylation sites (N-methyl/N-ethyl adjacent to an activating group) is 2. The number of anilines is 1. The van der Waals surface area contributed by atoms with Crippen molar-refractivity contribution in [1.29, 1.82) is 0 Å². The fraction of sp³-hybridized carbons (Fsp3) is 0.642. The number of rotatable bonds is 38. The molecule has 11 amide bonds. The van der Waals surface area contributed by atoms with Gasteiger partial charge in [-0.05, 0) is 99.4 Å². The summed E-state index contributed by atoms with van der Waals surface area (Å²) in [5.74, 6) is -5.62. The topological polar surface area (TPSA) is 347 Å². The second-order valence-electron chi connectivity index (χ2n) is 25.8. The standard InChI is InChI=1S/C67H106N12O13/c1-15-43(8)58(50(91-13)38-54(83)79-37-23-34-67(79,69)60(92-14)44(9)61(85)71-45(10)59(84)47-24-18-16-19-25-47)77(12)65(89)56(41(4)5)75-64(88)57(42(6)7)76(11)39-46-28-30-48(31-29-46)72-62(86)49(26-22-35-70-66(68)90)73-63(87)55(40(2)3)74-51(80)27-20-17-21-36-78-52(81)32-33-53(78)82/h16,18-19,24-25,28-33,40-45,49-50,55-60,84H,15,17,20-23,26-27,34-39,69H2,1-14H3,(H,71,85)(H,72,86)(H,73,87)(H,74,80)(H,75,88)(H3,68,70,90)/t43-,44+,45+,49-,50+,55?,56?,57-,58-,59+,60+,67-/m0/s1. The zero-order valence-electron chi connectivity index (χ0n) is 56.6. The van der Waals surface area contributed by atoms with Crippen molar-refractivity contribution in [3.63, 3.8) is 0 Å². The van der Waals surface area contributed by atoms with Gasteiger partial charge in [-0.15, -0.1) is 0 Å². The summed E-state index contributed by atoms with van der Waals surface area (Å²) in [5, 5.41) is 27.9. The number of unbranched alkanes of at least 4 members (excludes halogenated alkanes) is 2. The molecular weight excluding hydrogens is 1180 g/mol. The van der Waals surface area contributed by atoms with E-state index < -0.39 is 89.9 Å². The molecule has 2 unspecified atom stereocenters. The van der Waals surface area contributed by atoms with Crippen molar-refractivity contribution >= 4 is 64.9 Å². The zero-order valence-corrected chi connectivity index (χ0v) is 56.6. The van der Waals surface area contributed by atoms with Crippen LogP contribution < -0.4 is 43.4 Å². The molecule has 2 aliphatic heterocycles. The lowest BCUT2D eigenvalue weighted by molar-refractivity contribution is -0.153. The molecule has 1 fully saturated rings. The first-order chi connectivity index (χ1) is 43.4. The normalized spacial score (nSPS) is 18.5. The Morgan fingerprint density at radius 3 is 1.92 bits per heavy atom. The molecule has 2 aliphatic rings. The van der Waals surface area contributed by atoms with E-state index in [2.05, 4.69) is 31.9 Å². The Morgan fingerprint density at radius 2 is 1.36 bits per heavy atom. The highest BCUT2D eigenvalue weighted by molar-refractivity contribution is 6.12. The molecule has 1 saturated heterocycles. The van der Waals surface area contributed by atoms with E-state index in [1.54, 1.807) is 80.9 Å². The van der Waals surface area contributed by atoms with Crippen molar-refractivity contribution in [2.75, 3.05) is 53.3 Å². The molecule has 0 aliphatic carbocycles. The van der Waals surface area contributed by atoms with E-state index in [1.807, 2.05) is 71.7 Å². The molecule has 0 bridgehead atoms. The van der Waals surface area contributed by atoms with Gasteiger partial charge in [0.05, 0.1) is 42.7 Å². The summed E-state index contributed by atoms with van der Waals surface area (Å²) in [6, 6.07) is 10.3. The second kappa shape index (κ2) is 36.8. The Labute approximate surface area is 544 Å². The fourth-order valence-corrected chi connectivity index (χ4v) is 12.4. The maximum absolute atomic E-state index is 14.9. The van der Waals surface area contributed by atoms with E-state index in [-0.39, 0.29) is 97.9 Å². The first-order valence-corrected chi connectivity index (χ1v) is 32.4. The Morgan fingerprint density at radius 1 is 0.728 bits per heavy atom. The number of benzene rings is 2. The maximum Gasteiger partial charge on any atom is 0.312 e. The van der Waals surface area contributed by atoms with Crippen molar-refractivity contribution < 1.29 is 62.5 Å². The monoisotopic (exact) mass is 1290 g/mol. The Balaban J connectivity index is 1.42. The van der Waals surface area contributed by atoms with Gasteiger partial charge < -0.3 is 67.7 Å². The smallest absolute Gasteiger partial charge is 0.312 e. The first-order valence-electron chi connectivity index (χ1n) is 32.4. The molecule has 2 aromatic carbocycles.